The van der Waals surface area contributed by atoms with Crippen LogP contribution >= 0.6 is 11.3 Å². The lowest BCUT2D eigenvalue weighted by atomic mass is 10.3. The Balaban J connectivity index is 0.000000267. The second kappa shape index (κ2) is 7.05. The highest BCUT2D eigenvalue weighted by Crippen LogP contribution is 2.36. The number of benzene rings is 1. The molecule has 0 atom stereocenters. The van der Waals surface area contributed by atoms with Crippen molar-refractivity contribution in [1.29, 1.82) is 0 Å². The third-order valence-corrected chi connectivity index (χ3v) is 6.13. The van der Waals surface area contributed by atoms with Gasteiger partial charge in [0.1, 0.15) is 11.7 Å². The van der Waals surface area contributed by atoms with E-state index in [-0.39, 0.29) is 0 Å². The van der Waals surface area contributed by atoms with Gasteiger partial charge < -0.3 is 4.13 Å². The summed E-state index contributed by atoms with van der Waals surface area (Å²) in [5, 5.41) is 0. The molecule has 0 unspecified atom stereocenters. The molecule has 142 valence electrons. The molecule has 1 aromatic carbocycles. The van der Waals surface area contributed by atoms with Gasteiger partial charge in [0.15, 0.2) is 20.0 Å². The van der Waals surface area contributed by atoms with E-state index in [4.69, 9.17) is 0 Å². The van der Waals surface area contributed by atoms with Gasteiger partial charge in [0, 0.05) is 6.07 Å². The molecule has 0 N–H and O–H groups in total. The van der Waals surface area contributed by atoms with Gasteiger partial charge in [0.25, 0.3) is 0 Å². The van der Waals surface area contributed by atoms with Gasteiger partial charge in [0.05, 0.1) is 0 Å². The second-order valence-electron chi connectivity index (χ2n) is 4.22. The summed E-state index contributed by atoms with van der Waals surface area (Å²) in [4.78, 5) is 0. The average Bonchev–Trinajstić information content (AvgIpc) is 2.78. The van der Waals surface area contributed by atoms with Gasteiger partial charge in [-0.15, -0.1) is 0 Å². The molecular weight excluding hydrogens is 422 g/mol. The summed E-state index contributed by atoms with van der Waals surface area (Å²) in [7, 11) is -11.4. The molecule has 0 aliphatic carbocycles. The highest BCUT2D eigenvalue weighted by atomic mass is 32.3. The Bertz CT molecular complexity index is 905. The van der Waals surface area contributed by atoms with Crippen molar-refractivity contribution in [2.75, 3.05) is 0 Å². The van der Waals surface area contributed by atoms with Crippen LogP contribution in [0.25, 0.3) is 14.3 Å². The molecule has 0 radical (unpaired) electrons. The van der Waals surface area contributed by atoms with Crippen LogP contribution in [-0.4, -0.2) is 27.9 Å². The van der Waals surface area contributed by atoms with Gasteiger partial charge in [-0.05, 0) is 6.07 Å². The van der Waals surface area contributed by atoms with Crippen LogP contribution in [0.2, 0.25) is 0 Å². The molecular formula is C10H8F6N2O4S3. The number of halogens is 6. The van der Waals surface area contributed by atoms with Crippen molar-refractivity contribution in [1.82, 2.24) is 0 Å². The van der Waals surface area contributed by atoms with E-state index in [0.717, 1.165) is 4.13 Å². The molecule has 1 heterocycles. The summed E-state index contributed by atoms with van der Waals surface area (Å²) in [5.41, 5.74) is -8.98. The van der Waals surface area contributed by atoms with Gasteiger partial charge in [-0.2, -0.15) is 30.9 Å². The Hall–Kier alpha value is -1.45. The van der Waals surface area contributed by atoms with E-state index >= 15 is 0 Å². The first-order valence-corrected chi connectivity index (χ1v) is 9.53. The summed E-state index contributed by atoms with van der Waals surface area (Å²) in [6.07, 6.45) is 0. The molecule has 0 saturated carbocycles. The van der Waals surface area contributed by atoms with E-state index in [9.17, 15) is 43.2 Å². The predicted molar refractivity (Wildman–Crippen MR) is 76.3 cm³/mol. The predicted octanol–water partition coefficient (Wildman–Crippen LogP) is 2.79. The van der Waals surface area contributed by atoms with Crippen molar-refractivity contribution in [3.63, 3.8) is 0 Å². The van der Waals surface area contributed by atoms with Crippen molar-refractivity contribution in [2.45, 2.75) is 11.0 Å². The summed E-state index contributed by atoms with van der Waals surface area (Å²) in [6, 6.07) is 8.40. The Morgan fingerprint density at radius 3 is 1.76 bits per heavy atom. The van der Waals surface area contributed by atoms with Crippen molar-refractivity contribution in [3.05, 3.63) is 33.9 Å². The molecule has 15 heteroatoms. The minimum absolute atomic E-state index is 0.778. The van der Waals surface area contributed by atoms with Crippen molar-refractivity contribution in [3.8, 4) is 0 Å². The van der Waals surface area contributed by atoms with Crippen LogP contribution in [0.3, 0.4) is 0 Å². The zero-order chi connectivity index (χ0) is 19.7. The average molecular weight is 430 g/mol. The Morgan fingerprint density at radius 1 is 0.920 bits per heavy atom. The molecule has 2 aromatic rings. The normalized spacial score (nSPS) is 13.4. The monoisotopic (exact) mass is 430 g/mol. The van der Waals surface area contributed by atoms with Crippen molar-refractivity contribution >= 4 is 41.6 Å². The van der Waals surface area contributed by atoms with Crippen LogP contribution in [0.15, 0.2) is 29.8 Å². The first-order valence-electron chi connectivity index (χ1n) is 5.77. The fraction of sp³-hybridized carbons (Fsp3) is 0.300. The number of rotatable bonds is 2. The largest absolute Gasteiger partial charge is 0.480 e. The minimum Gasteiger partial charge on any atom is -0.421 e. The number of hydrogen-bond donors (Lipinski definition) is 0. The fourth-order valence-corrected chi connectivity index (χ4v) is 3.84. The highest BCUT2D eigenvalue weighted by molar-refractivity contribution is 8.13. The molecule has 6 nitrogen and oxygen atoms in total. The highest BCUT2D eigenvalue weighted by Gasteiger charge is 2.46. The number of aromatic nitrogens is 1. The molecule has 0 amide bonds. The molecule has 1 aromatic heterocycles. The maximum Gasteiger partial charge on any atom is 0.480 e. The van der Waals surface area contributed by atoms with Crippen LogP contribution in [0, 0.1) is 0 Å². The first kappa shape index (κ1) is 21.6. The zero-order valence-electron chi connectivity index (χ0n) is 11.9. The van der Waals surface area contributed by atoms with E-state index in [0.29, 0.717) is 0 Å². The van der Waals surface area contributed by atoms with Crippen LogP contribution in [0.5, 0.6) is 0 Å². The molecule has 0 aliphatic heterocycles. The number of sulfonamides is 2. The third-order valence-electron chi connectivity index (χ3n) is 2.36. The SMILES string of the molecule is C[n+]1csc2ccccc21.O=S(=O)([N-]S(=O)(=O)C(F)(F)F)C(F)(F)F. The number of thiazole rings is 1. The van der Waals surface area contributed by atoms with Gasteiger partial charge in [-0.1, -0.05) is 23.5 Å². The van der Waals surface area contributed by atoms with Gasteiger partial charge in [-0.3, -0.25) is 0 Å². The molecule has 25 heavy (non-hydrogen) atoms. The number of hydrogen-bond acceptors (Lipinski definition) is 5. The summed E-state index contributed by atoms with van der Waals surface area (Å²) in [6.45, 7) is 0. The van der Waals surface area contributed by atoms with Crippen LogP contribution < -0.4 is 4.57 Å². The smallest absolute Gasteiger partial charge is 0.421 e. The van der Waals surface area contributed by atoms with Crippen molar-refractivity contribution < 1.29 is 47.7 Å². The lowest BCUT2D eigenvalue weighted by molar-refractivity contribution is -0.640. The summed E-state index contributed by atoms with van der Waals surface area (Å²) >= 11 is 1.78. The fourth-order valence-electron chi connectivity index (χ4n) is 1.25. The maximum atomic E-state index is 11.4. The Labute approximate surface area is 141 Å². The summed E-state index contributed by atoms with van der Waals surface area (Å²) in [5.74, 6) is 0. The Morgan fingerprint density at radius 2 is 1.36 bits per heavy atom. The number of nitrogens with zero attached hydrogens (tertiary/aromatic N) is 2. The standard InChI is InChI=1S/C8H8NS.C2F6NO4S2/c1-9-6-10-8-5-3-2-4-7(8)9;3-1(4,5)14(10,11)9-15(12,13)2(6,7)8/h2-6H,1H3;/q+1;-1. The van der Waals surface area contributed by atoms with Crippen LogP contribution in [0.4, 0.5) is 26.3 Å². The molecule has 2 rings (SSSR count). The molecule has 0 saturated heterocycles. The Kier molecular flexibility index (Phi) is 6.09. The topological polar surface area (TPSA) is 86.3 Å². The van der Waals surface area contributed by atoms with E-state index in [1.165, 1.54) is 10.2 Å². The molecule has 0 bridgehead atoms. The van der Waals surface area contributed by atoms with E-state index in [2.05, 4.69) is 41.4 Å². The van der Waals surface area contributed by atoms with E-state index in [1.54, 1.807) is 11.3 Å². The van der Waals surface area contributed by atoms with Gasteiger partial charge in [-0.25, -0.2) is 16.8 Å². The molecule has 0 spiro atoms. The second-order valence-corrected chi connectivity index (χ2v) is 8.53. The van der Waals surface area contributed by atoms with Gasteiger partial charge >= 0.3 is 11.0 Å². The quantitative estimate of drug-likeness (QED) is 0.542. The van der Waals surface area contributed by atoms with Gasteiger partial charge in [0.2, 0.25) is 11.0 Å². The zero-order valence-corrected chi connectivity index (χ0v) is 14.4. The van der Waals surface area contributed by atoms with E-state index < -0.39 is 31.1 Å². The van der Waals surface area contributed by atoms with E-state index in [1.807, 2.05) is 0 Å². The van der Waals surface area contributed by atoms with Crippen LogP contribution in [0.1, 0.15) is 0 Å². The lowest BCUT2D eigenvalue weighted by Gasteiger charge is -2.22. The lowest BCUT2D eigenvalue weighted by Crippen LogP contribution is -2.30. The first-order chi connectivity index (χ1) is 11.1. The number of fused-ring (bicyclic) bond motifs is 1. The minimum atomic E-state index is -6.72. The molecule has 0 fully saturated rings. The molecule has 0 aliphatic rings. The number of alkyl halides is 6. The van der Waals surface area contributed by atoms with Crippen LogP contribution in [-0.2, 0) is 27.1 Å². The maximum absolute atomic E-state index is 11.4. The number of aryl methyl sites for hydroxylation is 1. The number of para-hydroxylation sites is 1. The van der Waals surface area contributed by atoms with Crippen molar-refractivity contribution in [2.24, 2.45) is 7.05 Å². The third kappa shape index (κ3) is 5.26. The summed E-state index contributed by atoms with van der Waals surface area (Å²) < 4.78 is 113.